The summed E-state index contributed by atoms with van der Waals surface area (Å²) in [5.41, 5.74) is -0.851. The average Bonchev–Trinajstić information content (AvgIpc) is 3.36. The van der Waals surface area contributed by atoms with E-state index in [1.54, 1.807) is 9.80 Å². The summed E-state index contributed by atoms with van der Waals surface area (Å²) in [7, 11) is 0. The maximum atomic E-state index is 15.0. The summed E-state index contributed by atoms with van der Waals surface area (Å²) in [4.78, 5) is 49.9. The summed E-state index contributed by atoms with van der Waals surface area (Å²) in [5, 5.41) is 10.8. The monoisotopic (exact) mass is 639 g/mol. The molecule has 0 aromatic heterocycles. The largest absolute Gasteiger partial charge is 0.494 e. The molecule has 2 aromatic carbocycles. The van der Waals surface area contributed by atoms with Gasteiger partial charge in [0.2, 0.25) is 17.7 Å². The molecule has 1 N–H and O–H groups in total. The Morgan fingerprint density at radius 1 is 0.894 bits per heavy atom. The quantitative estimate of drug-likeness (QED) is 0.433. The van der Waals surface area contributed by atoms with E-state index in [9.17, 15) is 14.7 Å². The lowest BCUT2D eigenvalue weighted by atomic mass is 9.74. The molecule has 1 aliphatic carbocycles. The van der Waals surface area contributed by atoms with Crippen LogP contribution in [0.3, 0.4) is 0 Å². The van der Waals surface area contributed by atoms with E-state index in [4.69, 9.17) is 9.47 Å². The fourth-order valence-electron chi connectivity index (χ4n) is 8.85. The number of rotatable bonds is 8. The Hall–Kier alpha value is -3.95. The number of aliphatic hydroxyl groups excluding tert-OH is 1. The Morgan fingerprint density at radius 3 is 2.32 bits per heavy atom. The summed E-state index contributed by atoms with van der Waals surface area (Å²) in [5.74, 6) is -1.83. The van der Waals surface area contributed by atoms with E-state index in [1.165, 1.54) is 0 Å². The van der Waals surface area contributed by atoms with Gasteiger partial charge in [0.15, 0.2) is 0 Å². The number of hydrogen-bond donors (Lipinski definition) is 1. The van der Waals surface area contributed by atoms with Crippen LogP contribution in [-0.2, 0) is 25.5 Å². The first-order valence-corrected chi connectivity index (χ1v) is 17.2. The summed E-state index contributed by atoms with van der Waals surface area (Å²) >= 11 is 0. The summed E-state index contributed by atoms with van der Waals surface area (Å²) in [6, 6.07) is 15.5. The van der Waals surface area contributed by atoms with Gasteiger partial charge in [-0.25, -0.2) is 0 Å². The Bertz CT molecular complexity index is 1550. The standard InChI is InChI=1S/C38H45N3O6/c1-3-46-30-18-16-28(17-19-30)39-22-10-20-37(2)31(34(39)43)32-35(44)41(29(25-42)24-26-12-6-4-7-13-26)33-36(45)40(27-14-8-5-9-15-27)23-11-21-38(32,33)47-37/h4,6-7,10-13,16-21,27,29,31-33,42H,3,5,8-9,14-15,22-25H2,1-2H3/t29-,31-,32+,33?,37+,38+/m1/s1. The Kier molecular flexibility index (Phi) is 8.47. The third-order valence-electron chi connectivity index (χ3n) is 10.9. The van der Waals surface area contributed by atoms with Crippen LogP contribution in [0.2, 0.25) is 0 Å². The van der Waals surface area contributed by atoms with Gasteiger partial charge >= 0.3 is 0 Å². The molecular weight excluding hydrogens is 594 g/mol. The summed E-state index contributed by atoms with van der Waals surface area (Å²) in [6.07, 6.45) is 13.2. The van der Waals surface area contributed by atoms with E-state index in [0.29, 0.717) is 37.6 Å². The molecule has 7 rings (SSSR count). The highest BCUT2D eigenvalue weighted by Gasteiger charge is 2.75. The highest BCUT2D eigenvalue weighted by Crippen LogP contribution is 2.58. The number of nitrogens with zero attached hydrogens (tertiary/aromatic N) is 3. The van der Waals surface area contributed by atoms with Crippen LogP contribution in [0.1, 0.15) is 51.5 Å². The maximum Gasteiger partial charge on any atom is 0.249 e. The molecular formula is C38H45N3O6. The number of amides is 3. The van der Waals surface area contributed by atoms with Gasteiger partial charge in [-0.3, -0.25) is 14.4 Å². The minimum Gasteiger partial charge on any atom is -0.494 e. The van der Waals surface area contributed by atoms with Gasteiger partial charge in [-0.05, 0) is 62.9 Å². The predicted molar refractivity (Wildman–Crippen MR) is 178 cm³/mol. The molecule has 6 atom stereocenters. The first kappa shape index (κ1) is 31.6. The number of benzene rings is 2. The molecule has 47 heavy (non-hydrogen) atoms. The zero-order valence-electron chi connectivity index (χ0n) is 27.3. The van der Waals surface area contributed by atoms with Crippen LogP contribution < -0.4 is 9.64 Å². The van der Waals surface area contributed by atoms with Crippen LogP contribution >= 0.6 is 0 Å². The predicted octanol–water partition coefficient (Wildman–Crippen LogP) is 4.29. The van der Waals surface area contributed by atoms with E-state index in [2.05, 4.69) is 0 Å². The first-order chi connectivity index (χ1) is 22.8. The molecule has 3 amide bonds. The van der Waals surface area contributed by atoms with Gasteiger partial charge in [0.05, 0.1) is 36.7 Å². The van der Waals surface area contributed by atoms with Crippen molar-refractivity contribution < 1.29 is 29.0 Å². The number of aliphatic hydroxyl groups is 1. The molecule has 1 spiro atoms. The summed E-state index contributed by atoms with van der Waals surface area (Å²) in [6.45, 7) is 4.74. The topological polar surface area (TPSA) is 99.6 Å². The van der Waals surface area contributed by atoms with Crippen molar-refractivity contribution in [2.75, 3.05) is 31.2 Å². The molecule has 248 valence electrons. The first-order valence-electron chi connectivity index (χ1n) is 17.2. The summed E-state index contributed by atoms with van der Waals surface area (Å²) < 4.78 is 12.7. The Labute approximate surface area is 276 Å². The Balaban J connectivity index is 1.32. The van der Waals surface area contributed by atoms with Crippen LogP contribution in [0.25, 0.3) is 0 Å². The van der Waals surface area contributed by atoms with Crippen molar-refractivity contribution in [1.29, 1.82) is 0 Å². The third-order valence-corrected chi connectivity index (χ3v) is 10.9. The van der Waals surface area contributed by atoms with Gasteiger partial charge < -0.3 is 29.3 Å². The molecule has 9 heteroatoms. The van der Waals surface area contributed by atoms with E-state index in [-0.39, 0.29) is 30.4 Å². The van der Waals surface area contributed by atoms with Crippen molar-refractivity contribution in [2.45, 2.75) is 81.7 Å². The van der Waals surface area contributed by atoms with Crippen LogP contribution in [0.15, 0.2) is 78.9 Å². The van der Waals surface area contributed by atoms with Crippen molar-refractivity contribution in [3.63, 3.8) is 0 Å². The number of anilines is 1. The molecule has 4 aliphatic heterocycles. The van der Waals surface area contributed by atoms with Gasteiger partial charge in [-0.15, -0.1) is 0 Å². The second kappa shape index (κ2) is 12.6. The van der Waals surface area contributed by atoms with Crippen molar-refractivity contribution in [1.82, 2.24) is 9.80 Å². The van der Waals surface area contributed by atoms with Crippen LogP contribution in [0.4, 0.5) is 5.69 Å². The Morgan fingerprint density at radius 2 is 1.62 bits per heavy atom. The lowest BCUT2D eigenvalue weighted by molar-refractivity contribution is -0.156. The fraction of sp³-hybridized carbons (Fsp3) is 0.500. The second-order valence-corrected chi connectivity index (χ2v) is 13.7. The SMILES string of the molecule is CCOc1ccc(N2CC=C[C@]3(C)O[C@]45C=CCN(C6CCCCC6)C(=O)C4N([C@@H](CO)Cc4ccccc4)C(=O)[C@@H]5[C@@H]3C2=O)cc1. The molecule has 9 nitrogen and oxygen atoms in total. The van der Waals surface area contributed by atoms with Crippen molar-refractivity contribution in [3.05, 3.63) is 84.5 Å². The van der Waals surface area contributed by atoms with Gasteiger partial charge in [0, 0.05) is 24.8 Å². The highest BCUT2D eigenvalue weighted by atomic mass is 16.5. The van der Waals surface area contributed by atoms with Gasteiger partial charge in [-0.2, -0.15) is 0 Å². The molecule has 2 aromatic rings. The zero-order chi connectivity index (χ0) is 32.8. The average molecular weight is 640 g/mol. The molecule has 5 aliphatic rings. The zero-order valence-corrected chi connectivity index (χ0v) is 27.3. The number of ether oxygens (including phenoxy) is 2. The smallest absolute Gasteiger partial charge is 0.249 e. The van der Waals surface area contributed by atoms with E-state index < -0.39 is 35.1 Å². The van der Waals surface area contributed by atoms with E-state index in [0.717, 1.165) is 37.7 Å². The van der Waals surface area contributed by atoms with Crippen LogP contribution in [0, 0.1) is 11.8 Å². The van der Waals surface area contributed by atoms with Crippen LogP contribution in [-0.4, -0.2) is 88.3 Å². The lowest BCUT2D eigenvalue weighted by Gasteiger charge is -2.42. The molecule has 1 saturated carbocycles. The van der Waals surface area contributed by atoms with Gasteiger partial charge in [-0.1, -0.05) is 73.9 Å². The lowest BCUT2D eigenvalue weighted by Crippen LogP contribution is -2.60. The molecule has 4 heterocycles. The number of carbonyl (C=O) groups excluding carboxylic acids is 3. The fourth-order valence-corrected chi connectivity index (χ4v) is 8.85. The molecule has 3 fully saturated rings. The second-order valence-electron chi connectivity index (χ2n) is 13.7. The normalized spacial score (nSPS) is 31.3. The molecule has 1 unspecified atom stereocenters. The van der Waals surface area contributed by atoms with Gasteiger partial charge in [0.1, 0.15) is 17.4 Å². The van der Waals surface area contributed by atoms with Crippen LogP contribution in [0.5, 0.6) is 5.75 Å². The number of likely N-dealkylation sites (tertiary alicyclic amines) is 1. The van der Waals surface area contributed by atoms with Gasteiger partial charge in [0.25, 0.3) is 0 Å². The minimum absolute atomic E-state index is 0.0768. The van der Waals surface area contributed by atoms with E-state index in [1.807, 2.05) is 97.6 Å². The molecule has 0 radical (unpaired) electrons. The third kappa shape index (κ3) is 5.28. The number of fused-ring (bicyclic) bond motifs is 2. The minimum atomic E-state index is -1.37. The number of hydrogen-bond acceptors (Lipinski definition) is 6. The molecule has 0 bridgehead atoms. The highest BCUT2D eigenvalue weighted by molar-refractivity contribution is 6.04. The molecule has 2 saturated heterocycles. The van der Waals surface area contributed by atoms with Crippen molar-refractivity contribution >= 4 is 23.4 Å². The van der Waals surface area contributed by atoms with E-state index >= 15 is 4.79 Å². The van der Waals surface area contributed by atoms with Crippen molar-refractivity contribution in [3.8, 4) is 5.75 Å². The number of carbonyl (C=O) groups is 3. The van der Waals surface area contributed by atoms with Crippen molar-refractivity contribution in [2.24, 2.45) is 11.8 Å². The maximum absolute atomic E-state index is 15.0.